The highest BCUT2D eigenvalue weighted by atomic mass is 79.9. The molecule has 1 unspecified atom stereocenters. The van der Waals surface area contributed by atoms with E-state index in [4.69, 9.17) is 0 Å². The number of aliphatic hydroxyl groups is 1. The van der Waals surface area contributed by atoms with E-state index in [2.05, 4.69) is 32.7 Å². The van der Waals surface area contributed by atoms with Gasteiger partial charge in [-0.2, -0.15) is 0 Å². The van der Waals surface area contributed by atoms with Crippen LogP contribution in [0.1, 0.15) is 12.5 Å². The van der Waals surface area contributed by atoms with Gasteiger partial charge in [-0.15, -0.1) is 0 Å². The maximum atomic E-state index is 11.0. The summed E-state index contributed by atoms with van der Waals surface area (Å²) in [6.07, 6.45) is 0. The number of halogens is 1. The fourth-order valence-electron chi connectivity index (χ4n) is 2.35. The molecule has 1 N–H and O–H groups in total. The largest absolute Gasteiger partial charge is 0.366 e. The van der Waals surface area contributed by atoms with Gasteiger partial charge < -0.3 is 10.0 Å². The number of amidine groups is 1. The molecular weight excluding hydrogens is 326 g/mol. The minimum atomic E-state index is -0.946. The topological polar surface area (TPSA) is 39.1 Å². The molecule has 2 heterocycles. The first-order valence-electron chi connectivity index (χ1n) is 6.29. The van der Waals surface area contributed by atoms with Gasteiger partial charge >= 0.3 is 0 Å². The highest BCUT2D eigenvalue weighted by molar-refractivity contribution is 9.10. The standard InChI is InChI=1S/C13H16BrN3OS/c1-2-16-8-15-12-17(9-16)13(18,7-19-12)10-3-5-11(14)6-4-10/h3-6,18H,2,7-9H2,1H3. The van der Waals surface area contributed by atoms with Crippen molar-refractivity contribution in [3.05, 3.63) is 34.3 Å². The van der Waals surface area contributed by atoms with Crippen molar-refractivity contribution in [1.82, 2.24) is 9.80 Å². The number of hydrogen-bond acceptors (Lipinski definition) is 5. The zero-order valence-electron chi connectivity index (χ0n) is 10.7. The Bertz CT molecular complexity index is 507. The normalized spacial score (nSPS) is 27.3. The Kier molecular flexibility index (Phi) is 3.59. The van der Waals surface area contributed by atoms with Crippen LogP contribution in [0.5, 0.6) is 0 Å². The van der Waals surface area contributed by atoms with Crippen LogP contribution < -0.4 is 0 Å². The zero-order chi connectivity index (χ0) is 13.5. The van der Waals surface area contributed by atoms with Gasteiger partial charge in [0.2, 0.25) is 0 Å². The minimum Gasteiger partial charge on any atom is -0.366 e. The van der Waals surface area contributed by atoms with Gasteiger partial charge in [0, 0.05) is 10.0 Å². The number of rotatable bonds is 2. The lowest BCUT2D eigenvalue weighted by atomic mass is 10.0. The molecule has 1 fully saturated rings. The van der Waals surface area contributed by atoms with Crippen molar-refractivity contribution in [2.45, 2.75) is 12.6 Å². The van der Waals surface area contributed by atoms with Crippen LogP contribution in [0.3, 0.4) is 0 Å². The molecule has 0 spiro atoms. The van der Waals surface area contributed by atoms with Crippen molar-refractivity contribution in [2.75, 3.05) is 25.6 Å². The van der Waals surface area contributed by atoms with Crippen molar-refractivity contribution in [1.29, 1.82) is 0 Å². The lowest BCUT2D eigenvalue weighted by molar-refractivity contribution is -0.0728. The molecule has 6 heteroatoms. The van der Waals surface area contributed by atoms with Crippen LogP contribution in [0, 0.1) is 0 Å². The lowest BCUT2D eigenvalue weighted by Gasteiger charge is -2.39. The van der Waals surface area contributed by atoms with Crippen LogP contribution in [0.4, 0.5) is 0 Å². The fraction of sp³-hybridized carbons (Fsp3) is 0.462. The van der Waals surface area contributed by atoms with E-state index in [1.165, 1.54) is 0 Å². The molecule has 1 aromatic carbocycles. The Hall–Kier alpha value is -0.560. The number of fused-ring (bicyclic) bond motifs is 1. The Labute approximate surface area is 125 Å². The molecule has 0 aliphatic carbocycles. The summed E-state index contributed by atoms with van der Waals surface area (Å²) in [4.78, 5) is 8.76. The van der Waals surface area contributed by atoms with E-state index >= 15 is 0 Å². The summed E-state index contributed by atoms with van der Waals surface area (Å²) in [7, 11) is 0. The summed E-state index contributed by atoms with van der Waals surface area (Å²) in [5.74, 6) is 0.630. The molecule has 0 amide bonds. The first kappa shape index (κ1) is 13.4. The number of benzene rings is 1. The molecule has 0 bridgehead atoms. The quantitative estimate of drug-likeness (QED) is 0.895. The molecule has 0 saturated carbocycles. The minimum absolute atomic E-state index is 0.630. The smallest absolute Gasteiger partial charge is 0.176 e. The average Bonchev–Trinajstić information content (AvgIpc) is 2.78. The Balaban J connectivity index is 1.94. The van der Waals surface area contributed by atoms with Crippen LogP contribution in [0.15, 0.2) is 33.7 Å². The molecule has 2 aliphatic rings. The third kappa shape index (κ3) is 2.31. The van der Waals surface area contributed by atoms with Gasteiger partial charge in [-0.3, -0.25) is 4.90 Å². The van der Waals surface area contributed by atoms with Gasteiger partial charge in [0.15, 0.2) is 10.9 Å². The summed E-state index contributed by atoms with van der Waals surface area (Å²) in [6, 6.07) is 7.88. The van der Waals surface area contributed by atoms with Gasteiger partial charge in [-0.1, -0.05) is 46.7 Å². The molecule has 4 nitrogen and oxygen atoms in total. The number of nitrogens with zero attached hydrogens (tertiary/aromatic N) is 3. The summed E-state index contributed by atoms with van der Waals surface area (Å²) in [6.45, 7) is 4.51. The molecule has 2 aliphatic heterocycles. The summed E-state index contributed by atoms with van der Waals surface area (Å²) in [5, 5.41) is 12.0. The second-order valence-corrected chi connectivity index (χ2v) is 6.61. The third-order valence-electron chi connectivity index (χ3n) is 3.58. The Morgan fingerprint density at radius 3 is 2.84 bits per heavy atom. The monoisotopic (exact) mass is 341 g/mol. The molecule has 1 aromatic rings. The third-order valence-corrected chi connectivity index (χ3v) is 5.26. The summed E-state index contributed by atoms with van der Waals surface area (Å²) < 4.78 is 1.02. The van der Waals surface area contributed by atoms with E-state index in [0.29, 0.717) is 5.75 Å². The number of thioether (sulfide) groups is 1. The maximum Gasteiger partial charge on any atom is 0.176 e. The van der Waals surface area contributed by atoms with Gasteiger partial charge in [-0.05, 0) is 18.7 Å². The zero-order valence-corrected chi connectivity index (χ0v) is 13.1. The molecule has 0 radical (unpaired) electrons. The highest BCUT2D eigenvalue weighted by Gasteiger charge is 2.46. The van der Waals surface area contributed by atoms with Crippen LogP contribution in [-0.2, 0) is 5.72 Å². The number of aliphatic imine (C=N–C) groups is 1. The summed E-state index contributed by atoms with van der Waals surface area (Å²) >= 11 is 5.06. The van der Waals surface area contributed by atoms with Crippen molar-refractivity contribution in [2.24, 2.45) is 4.99 Å². The first-order chi connectivity index (χ1) is 9.13. The van der Waals surface area contributed by atoms with Gasteiger partial charge in [0.25, 0.3) is 0 Å². The Morgan fingerprint density at radius 2 is 2.16 bits per heavy atom. The SMILES string of the molecule is CCN1CN=C2SCC(O)(c3ccc(Br)cc3)N2C1. The second-order valence-electron chi connectivity index (χ2n) is 4.75. The van der Waals surface area contributed by atoms with E-state index in [1.807, 2.05) is 29.2 Å². The van der Waals surface area contributed by atoms with Crippen LogP contribution in [-0.4, -0.2) is 45.7 Å². The average molecular weight is 342 g/mol. The van der Waals surface area contributed by atoms with Crippen LogP contribution in [0.25, 0.3) is 0 Å². The Morgan fingerprint density at radius 1 is 1.42 bits per heavy atom. The predicted octanol–water partition coefficient (Wildman–Crippen LogP) is 2.25. The van der Waals surface area contributed by atoms with Gasteiger partial charge in [-0.25, -0.2) is 4.99 Å². The van der Waals surface area contributed by atoms with Crippen LogP contribution >= 0.6 is 27.7 Å². The van der Waals surface area contributed by atoms with E-state index in [1.54, 1.807) is 11.8 Å². The van der Waals surface area contributed by atoms with Crippen LogP contribution in [0.2, 0.25) is 0 Å². The molecule has 0 aromatic heterocycles. The molecule has 1 saturated heterocycles. The van der Waals surface area contributed by atoms with Crippen molar-refractivity contribution in [3.63, 3.8) is 0 Å². The summed E-state index contributed by atoms with van der Waals surface area (Å²) in [5.41, 5.74) is -0.0238. The maximum absolute atomic E-state index is 11.0. The van der Waals surface area contributed by atoms with E-state index < -0.39 is 5.72 Å². The van der Waals surface area contributed by atoms with E-state index in [-0.39, 0.29) is 0 Å². The van der Waals surface area contributed by atoms with Crippen molar-refractivity contribution in [3.8, 4) is 0 Å². The lowest BCUT2D eigenvalue weighted by Crippen LogP contribution is -2.52. The highest BCUT2D eigenvalue weighted by Crippen LogP contribution is 2.40. The molecule has 19 heavy (non-hydrogen) atoms. The first-order valence-corrected chi connectivity index (χ1v) is 8.07. The second kappa shape index (κ2) is 5.09. The van der Waals surface area contributed by atoms with Crippen molar-refractivity contribution >= 4 is 32.9 Å². The number of hydrogen-bond donors (Lipinski definition) is 1. The van der Waals surface area contributed by atoms with Gasteiger partial charge in [0.05, 0.1) is 19.1 Å². The molecule has 3 rings (SSSR count). The fourth-order valence-corrected chi connectivity index (χ4v) is 3.78. The molecular formula is C13H16BrN3OS. The molecule has 1 atom stereocenters. The predicted molar refractivity (Wildman–Crippen MR) is 81.9 cm³/mol. The molecule has 102 valence electrons. The van der Waals surface area contributed by atoms with E-state index in [9.17, 15) is 5.11 Å². The van der Waals surface area contributed by atoms with Crippen molar-refractivity contribution < 1.29 is 5.11 Å². The van der Waals surface area contributed by atoms with Gasteiger partial charge in [0.1, 0.15) is 0 Å². The van der Waals surface area contributed by atoms with E-state index in [0.717, 1.165) is 35.1 Å².